The van der Waals surface area contributed by atoms with Crippen LogP contribution in [0, 0.1) is 19.7 Å². The van der Waals surface area contributed by atoms with Crippen molar-refractivity contribution < 1.29 is 14.0 Å². The minimum atomic E-state index is -0.439. The molecule has 7 nitrogen and oxygen atoms in total. The molecule has 150 valence electrons. The first-order valence-corrected chi connectivity index (χ1v) is 9.20. The number of rotatable bonds is 6. The second kappa shape index (κ2) is 8.83. The molecule has 0 aliphatic rings. The molecule has 0 aliphatic carbocycles. The maximum absolute atomic E-state index is 12.9. The molecule has 0 saturated carbocycles. The summed E-state index contributed by atoms with van der Waals surface area (Å²) in [4.78, 5) is 24.7. The topological polar surface area (TPSA) is 88.9 Å². The minimum absolute atomic E-state index is 0.0937. The number of hydrogen-bond acceptors (Lipinski definition) is 4. The Bertz CT molecular complexity index is 1050. The largest absolute Gasteiger partial charge is 0.350 e. The quantitative estimate of drug-likeness (QED) is 0.646. The minimum Gasteiger partial charge on any atom is -0.350 e. The molecule has 0 radical (unpaired) electrons. The van der Waals surface area contributed by atoms with Crippen LogP contribution in [0.5, 0.6) is 0 Å². The van der Waals surface area contributed by atoms with Crippen LogP contribution in [-0.2, 0) is 17.9 Å². The van der Waals surface area contributed by atoms with E-state index in [0.29, 0.717) is 16.4 Å². The van der Waals surface area contributed by atoms with Gasteiger partial charge in [0.25, 0.3) is 5.91 Å². The van der Waals surface area contributed by atoms with Gasteiger partial charge in [0.1, 0.15) is 12.4 Å². The first-order chi connectivity index (χ1) is 13.8. The summed E-state index contributed by atoms with van der Waals surface area (Å²) in [5.74, 6) is -1.08. The molecule has 1 heterocycles. The van der Waals surface area contributed by atoms with Gasteiger partial charge in [0.2, 0.25) is 5.91 Å². The van der Waals surface area contributed by atoms with Gasteiger partial charge in [-0.2, -0.15) is 0 Å². The molecule has 3 rings (SSSR count). The van der Waals surface area contributed by atoms with E-state index in [-0.39, 0.29) is 30.5 Å². The van der Waals surface area contributed by atoms with E-state index in [1.54, 1.807) is 37.3 Å². The fraction of sp³-hybridized carbons (Fsp3) is 0.200. The van der Waals surface area contributed by atoms with Crippen LogP contribution in [0.1, 0.15) is 27.3 Å². The van der Waals surface area contributed by atoms with Crippen LogP contribution >= 0.6 is 11.6 Å². The Balaban J connectivity index is 1.62. The van der Waals surface area contributed by atoms with Crippen molar-refractivity contribution >= 4 is 29.1 Å². The number of nitrogens with zero attached hydrogens (tertiary/aromatic N) is 3. The molecule has 0 bridgehead atoms. The van der Waals surface area contributed by atoms with Gasteiger partial charge >= 0.3 is 0 Å². The normalized spacial score (nSPS) is 10.6. The highest BCUT2D eigenvalue weighted by atomic mass is 35.5. The van der Waals surface area contributed by atoms with Crippen LogP contribution in [0.2, 0.25) is 5.02 Å². The van der Waals surface area contributed by atoms with Gasteiger partial charge in [0.15, 0.2) is 5.69 Å². The van der Waals surface area contributed by atoms with Gasteiger partial charge < -0.3 is 10.6 Å². The zero-order valence-electron chi connectivity index (χ0n) is 15.9. The summed E-state index contributed by atoms with van der Waals surface area (Å²) in [6.45, 7) is 3.67. The fourth-order valence-corrected chi connectivity index (χ4v) is 2.80. The Labute approximate surface area is 171 Å². The van der Waals surface area contributed by atoms with Gasteiger partial charge in [-0.05, 0) is 49.2 Å². The molecule has 0 aliphatic heterocycles. The van der Waals surface area contributed by atoms with Crippen molar-refractivity contribution in [2.45, 2.75) is 26.9 Å². The lowest BCUT2D eigenvalue weighted by Gasteiger charge is -2.08. The third-order valence-corrected chi connectivity index (χ3v) is 4.58. The first-order valence-electron chi connectivity index (χ1n) is 8.82. The fourth-order valence-electron chi connectivity index (χ4n) is 2.63. The van der Waals surface area contributed by atoms with Crippen molar-refractivity contribution in [1.29, 1.82) is 0 Å². The Morgan fingerprint density at radius 1 is 1.14 bits per heavy atom. The predicted octanol–water partition coefficient (Wildman–Crippen LogP) is 3.26. The molecule has 2 amide bonds. The highest BCUT2D eigenvalue weighted by molar-refractivity contribution is 6.31. The molecule has 0 fully saturated rings. The van der Waals surface area contributed by atoms with Crippen molar-refractivity contribution in [2.24, 2.45) is 0 Å². The zero-order valence-corrected chi connectivity index (χ0v) is 16.6. The van der Waals surface area contributed by atoms with Gasteiger partial charge in [-0.3, -0.25) is 9.59 Å². The second-order valence-corrected chi connectivity index (χ2v) is 6.93. The molecule has 0 unspecified atom stereocenters. The van der Waals surface area contributed by atoms with Crippen molar-refractivity contribution in [1.82, 2.24) is 20.3 Å². The standard InChI is InChI=1S/C20H19ClFN5O2/c1-12-3-6-15(21)9-17(12)24-20(29)19-13(2)27(26-25-19)11-18(28)23-10-14-4-7-16(22)8-5-14/h3-9H,10-11H2,1-2H3,(H,23,28)(H,24,29). The van der Waals surface area contributed by atoms with Crippen molar-refractivity contribution in [3.05, 3.63) is 75.8 Å². The van der Waals surface area contributed by atoms with E-state index in [1.165, 1.54) is 16.8 Å². The molecule has 3 aromatic rings. The summed E-state index contributed by atoms with van der Waals surface area (Å²) in [5.41, 5.74) is 2.78. The third kappa shape index (κ3) is 5.17. The first kappa shape index (κ1) is 20.5. The van der Waals surface area contributed by atoms with Gasteiger partial charge in [0.05, 0.1) is 5.69 Å². The average molecular weight is 416 g/mol. The average Bonchev–Trinajstić information content (AvgIpc) is 3.04. The van der Waals surface area contributed by atoms with Gasteiger partial charge in [-0.1, -0.05) is 35.0 Å². The molecular weight excluding hydrogens is 397 g/mol. The zero-order chi connectivity index (χ0) is 21.0. The molecule has 9 heteroatoms. The molecule has 29 heavy (non-hydrogen) atoms. The SMILES string of the molecule is Cc1ccc(Cl)cc1NC(=O)c1nnn(CC(=O)NCc2ccc(F)cc2)c1C. The van der Waals surface area contributed by atoms with E-state index in [9.17, 15) is 14.0 Å². The van der Waals surface area contributed by atoms with Crippen LogP contribution in [-0.4, -0.2) is 26.8 Å². The number of benzene rings is 2. The van der Waals surface area contributed by atoms with E-state index in [4.69, 9.17) is 11.6 Å². The summed E-state index contributed by atoms with van der Waals surface area (Å²) >= 11 is 5.97. The molecular formula is C20H19ClFN5O2. The molecule has 0 spiro atoms. The Kier molecular flexibility index (Phi) is 6.23. The van der Waals surface area contributed by atoms with E-state index >= 15 is 0 Å². The molecule has 2 aromatic carbocycles. The maximum Gasteiger partial charge on any atom is 0.278 e. The Hall–Kier alpha value is -3.26. The van der Waals surface area contributed by atoms with Crippen LogP contribution in [0.25, 0.3) is 0 Å². The predicted molar refractivity (Wildman–Crippen MR) is 107 cm³/mol. The van der Waals surface area contributed by atoms with Gasteiger partial charge in [0, 0.05) is 17.3 Å². The van der Waals surface area contributed by atoms with Crippen LogP contribution in [0.3, 0.4) is 0 Å². The summed E-state index contributed by atoms with van der Waals surface area (Å²) in [5, 5.41) is 13.8. The lowest BCUT2D eigenvalue weighted by Crippen LogP contribution is -2.28. The number of halogens is 2. The number of carbonyl (C=O) groups is 2. The summed E-state index contributed by atoms with van der Waals surface area (Å²) in [6.07, 6.45) is 0. The number of carbonyl (C=O) groups excluding carboxylic acids is 2. The number of nitrogens with one attached hydrogen (secondary N) is 2. The second-order valence-electron chi connectivity index (χ2n) is 6.50. The number of aromatic nitrogens is 3. The van der Waals surface area contributed by atoms with Crippen LogP contribution in [0.15, 0.2) is 42.5 Å². The van der Waals surface area contributed by atoms with Crippen molar-refractivity contribution in [3.63, 3.8) is 0 Å². The summed E-state index contributed by atoms with van der Waals surface area (Å²) < 4.78 is 14.3. The van der Waals surface area contributed by atoms with Crippen molar-refractivity contribution in [3.8, 4) is 0 Å². The van der Waals surface area contributed by atoms with E-state index in [1.807, 2.05) is 6.92 Å². The lowest BCUT2D eigenvalue weighted by atomic mass is 10.2. The molecule has 1 aromatic heterocycles. The third-order valence-electron chi connectivity index (χ3n) is 4.34. The van der Waals surface area contributed by atoms with E-state index in [2.05, 4.69) is 20.9 Å². The Morgan fingerprint density at radius 2 is 1.86 bits per heavy atom. The highest BCUT2D eigenvalue weighted by Gasteiger charge is 2.18. The Morgan fingerprint density at radius 3 is 2.59 bits per heavy atom. The molecule has 2 N–H and O–H groups in total. The lowest BCUT2D eigenvalue weighted by molar-refractivity contribution is -0.122. The number of anilines is 1. The van der Waals surface area contributed by atoms with Crippen LogP contribution in [0.4, 0.5) is 10.1 Å². The number of aryl methyl sites for hydroxylation is 1. The monoisotopic (exact) mass is 415 g/mol. The van der Waals surface area contributed by atoms with E-state index < -0.39 is 5.91 Å². The van der Waals surface area contributed by atoms with E-state index in [0.717, 1.165) is 11.1 Å². The van der Waals surface area contributed by atoms with Gasteiger partial charge in [-0.15, -0.1) is 5.10 Å². The smallest absolute Gasteiger partial charge is 0.278 e. The maximum atomic E-state index is 12.9. The summed E-state index contributed by atoms with van der Waals surface area (Å²) in [6, 6.07) is 11.0. The molecule has 0 saturated heterocycles. The highest BCUT2D eigenvalue weighted by Crippen LogP contribution is 2.21. The van der Waals surface area contributed by atoms with Crippen LogP contribution < -0.4 is 10.6 Å². The van der Waals surface area contributed by atoms with Crippen molar-refractivity contribution in [2.75, 3.05) is 5.32 Å². The summed E-state index contributed by atoms with van der Waals surface area (Å²) in [7, 11) is 0. The number of hydrogen-bond donors (Lipinski definition) is 2. The molecule has 0 atom stereocenters. The van der Waals surface area contributed by atoms with Gasteiger partial charge in [-0.25, -0.2) is 9.07 Å². The number of amides is 2.